The molecule has 2 fully saturated rings. The molecule has 2 heterocycles. The number of amides is 2. The molecule has 1 atom stereocenters. The third kappa shape index (κ3) is 2.72. The quantitative estimate of drug-likeness (QED) is 0.921. The van der Waals surface area contributed by atoms with Crippen LogP contribution in [0.5, 0.6) is 0 Å². The van der Waals surface area contributed by atoms with Crippen molar-refractivity contribution in [3.63, 3.8) is 0 Å². The predicted molar refractivity (Wildman–Crippen MR) is 82.7 cm³/mol. The van der Waals surface area contributed by atoms with Crippen LogP contribution in [0.1, 0.15) is 38.3 Å². The van der Waals surface area contributed by atoms with E-state index in [1.165, 1.54) is 0 Å². The van der Waals surface area contributed by atoms with Crippen molar-refractivity contribution in [2.45, 2.75) is 39.2 Å². The van der Waals surface area contributed by atoms with Crippen LogP contribution in [-0.4, -0.2) is 34.8 Å². The second-order valence-corrected chi connectivity index (χ2v) is 6.44. The molecule has 2 amide bonds. The Morgan fingerprint density at radius 1 is 1.41 bits per heavy atom. The fourth-order valence-electron chi connectivity index (χ4n) is 3.68. The molecule has 1 aromatic rings. The van der Waals surface area contributed by atoms with Gasteiger partial charge in [-0.15, -0.1) is 0 Å². The van der Waals surface area contributed by atoms with Gasteiger partial charge in [0.15, 0.2) is 0 Å². The molecule has 5 nitrogen and oxygen atoms in total. The molecule has 1 aromatic heterocycles. The maximum absolute atomic E-state index is 12.6. The highest BCUT2D eigenvalue weighted by molar-refractivity contribution is 5.83. The largest absolute Gasteiger partial charge is 0.350 e. The number of carbonyl (C=O) groups is 2. The summed E-state index contributed by atoms with van der Waals surface area (Å²) in [4.78, 5) is 30.7. The van der Waals surface area contributed by atoms with E-state index in [4.69, 9.17) is 0 Å². The molecule has 2 aliphatic rings. The van der Waals surface area contributed by atoms with Crippen LogP contribution in [0.25, 0.3) is 0 Å². The van der Waals surface area contributed by atoms with Crippen molar-refractivity contribution < 1.29 is 9.59 Å². The van der Waals surface area contributed by atoms with E-state index in [1.807, 2.05) is 30.0 Å². The highest BCUT2D eigenvalue weighted by atomic mass is 16.2. The van der Waals surface area contributed by atoms with Crippen LogP contribution in [0.4, 0.5) is 0 Å². The minimum atomic E-state index is -0.0690. The summed E-state index contributed by atoms with van der Waals surface area (Å²) in [5.41, 5.74) is 0.886. The Bertz CT molecular complexity index is 554. The molecule has 1 N–H and O–H groups in total. The van der Waals surface area contributed by atoms with E-state index in [1.54, 1.807) is 6.20 Å². The number of rotatable bonds is 4. The van der Waals surface area contributed by atoms with E-state index in [9.17, 15) is 9.59 Å². The zero-order chi connectivity index (χ0) is 15.6. The van der Waals surface area contributed by atoms with E-state index >= 15 is 0 Å². The zero-order valence-electron chi connectivity index (χ0n) is 13.0. The van der Waals surface area contributed by atoms with Gasteiger partial charge in [0.2, 0.25) is 11.8 Å². The van der Waals surface area contributed by atoms with Crippen molar-refractivity contribution in [3.05, 3.63) is 30.1 Å². The molecule has 1 aliphatic heterocycles. The monoisotopic (exact) mass is 301 g/mol. The summed E-state index contributed by atoms with van der Waals surface area (Å²) in [5, 5.41) is 3.00. The zero-order valence-corrected chi connectivity index (χ0v) is 13.0. The summed E-state index contributed by atoms with van der Waals surface area (Å²) in [6.07, 6.45) is 5.52. The first-order valence-corrected chi connectivity index (χ1v) is 8.10. The minimum Gasteiger partial charge on any atom is -0.350 e. The van der Waals surface area contributed by atoms with Gasteiger partial charge in [0.1, 0.15) is 0 Å². The van der Waals surface area contributed by atoms with E-state index in [0.29, 0.717) is 19.5 Å². The molecule has 22 heavy (non-hydrogen) atoms. The Morgan fingerprint density at radius 2 is 2.23 bits per heavy atom. The Morgan fingerprint density at radius 3 is 2.82 bits per heavy atom. The lowest BCUT2D eigenvalue weighted by Gasteiger charge is -2.41. The summed E-state index contributed by atoms with van der Waals surface area (Å²) in [6, 6.07) is 5.68. The maximum atomic E-state index is 12.6. The molecule has 0 radical (unpaired) electrons. The molecular formula is C17H23N3O2. The average Bonchev–Trinajstić information content (AvgIpc) is 2.94. The lowest BCUT2D eigenvalue weighted by Crippen LogP contribution is -2.45. The normalized spacial score (nSPS) is 22.4. The second-order valence-electron chi connectivity index (χ2n) is 6.44. The Hall–Kier alpha value is -1.91. The van der Waals surface area contributed by atoms with Gasteiger partial charge in [-0.1, -0.05) is 19.4 Å². The molecule has 0 aromatic carbocycles. The molecule has 1 spiro atoms. The van der Waals surface area contributed by atoms with Gasteiger partial charge >= 0.3 is 0 Å². The molecule has 1 unspecified atom stereocenters. The second kappa shape index (κ2) is 6.07. The number of hydrogen-bond acceptors (Lipinski definition) is 3. The van der Waals surface area contributed by atoms with Gasteiger partial charge in [0.25, 0.3) is 0 Å². The SMILES string of the molecule is CCC(=O)N1CC(C(=O)NCc2ccccn2)C2(CCC2)C1. The number of nitrogens with one attached hydrogen (secondary N) is 1. The Labute approximate surface area is 131 Å². The van der Waals surface area contributed by atoms with Gasteiger partial charge in [0.05, 0.1) is 18.2 Å². The highest BCUT2D eigenvalue weighted by Crippen LogP contribution is 2.51. The molecule has 118 valence electrons. The van der Waals surface area contributed by atoms with Crippen LogP contribution >= 0.6 is 0 Å². The van der Waals surface area contributed by atoms with Crippen LogP contribution in [-0.2, 0) is 16.1 Å². The van der Waals surface area contributed by atoms with E-state index in [0.717, 1.165) is 31.5 Å². The smallest absolute Gasteiger partial charge is 0.225 e. The fraction of sp³-hybridized carbons (Fsp3) is 0.588. The van der Waals surface area contributed by atoms with Crippen molar-refractivity contribution >= 4 is 11.8 Å². The maximum Gasteiger partial charge on any atom is 0.225 e. The van der Waals surface area contributed by atoms with Gasteiger partial charge in [0, 0.05) is 31.1 Å². The van der Waals surface area contributed by atoms with Gasteiger partial charge in [-0.2, -0.15) is 0 Å². The van der Waals surface area contributed by atoms with Crippen molar-refractivity contribution in [2.75, 3.05) is 13.1 Å². The minimum absolute atomic E-state index is 0.0268. The summed E-state index contributed by atoms with van der Waals surface area (Å²) in [6.45, 7) is 3.65. The molecule has 0 bridgehead atoms. The van der Waals surface area contributed by atoms with Crippen molar-refractivity contribution in [1.29, 1.82) is 0 Å². The first-order chi connectivity index (χ1) is 10.6. The molecule has 5 heteroatoms. The molecule has 3 rings (SSSR count). The Balaban J connectivity index is 1.64. The first kappa shape index (κ1) is 15.0. The van der Waals surface area contributed by atoms with Crippen LogP contribution in [0.3, 0.4) is 0 Å². The topological polar surface area (TPSA) is 62.3 Å². The van der Waals surface area contributed by atoms with Gasteiger partial charge < -0.3 is 10.2 Å². The standard InChI is InChI=1S/C17H23N3O2/c1-2-15(21)20-11-14(17(12-20)7-5-8-17)16(22)19-10-13-6-3-4-9-18-13/h3-4,6,9,14H,2,5,7-8,10-12H2,1H3,(H,19,22). The van der Waals surface area contributed by atoms with Gasteiger partial charge in [-0.05, 0) is 25.0 Å². The van der Waals surface area contributed by atoms with E-state index in [2.05, 4.69) is 10.3 Å². The Kier molecular flexibility index (Phi) is 4.14. The molecule has 1 saturated carbocycles. The predicted octanol–water partition coefficient (Wildman–Crippen LogP) is 1.74. The summed E-state index contributed by atoms with van der Waals surface area (Å²) in [7, 11) is 0. The summed E-state index contributed by atoms with van der Waals surface area (Å²) < 4.78 is 0. The molecular weight excluding hydrogens is 278 g/mol. The average molecular weight is 301 g/mol. The number of pyridine rings is 1. The third-order valence-corrected chi connectivity index (χ3v) is 5.14. The number of nitrogens with zero attached hydrogens (tertiary/aromatic N) is 2. The van der Waals surface area contributed by atoms with Crippen LogP contribution in [0.2, 0.25) is 0 Å². The van der Waals surface area contributed by atoms with Crippen molar-refractivity contribution in [1.82, 2.24) is 15.2 Å². The van der Waals surface area contributed by atoms with Gasteiger partial charge in [-0.3, -0.25) is 14.6 Å². The number of carbonyl (C=O) groups excluding carboxylic acids is 2. The van der Waals surface area contributed by atoms with Crippen LogP contribution in [0.15, 0.2) is 24.4 Å². The summed E-state index contributed by atoms with van der Waals surface area (Å²) >= 11 is 0. The van der Waals surface area contributed by atoms with Crippen molar-refractivity contribution in [3.8, 4) is 0 Å². The lowest BCUT2D eigenvalue weighted by atomic mass is 9.62. The highest BCUT2D eigenvalue weighted by Gasteiger charge is 2.53. The fourth-order valence-corrected chi connectivity index (χ4v) is 3.68. The summed E-state index contributed by atoms with van der Waals surface area (Å²) in [5.74, 6) is 0.156. The van der Waals surface area contributed by atoms with Crippen LogP contribution in [0, 0.1) is 11.3 Å². The van der Waals surface area contributed by atoms with Gasteiger partial charge in [-0.25, -0.2) is 0 Å². The lowest BCUT2D eigenvalue weighted by molar-refractivity contribution is -0.130. The van der Waals surface area contributed by atoms with E-state index in [-0.39, 0.29) is 23.1 Å². The van der Waals surface area contributed by atoms with Crippen LogP contribution < -0.4 is 5.32 Å². The molecule has 1 aliphatic carbocycles. The number of hydrogen-bond donors (Lipinski definition) is 1. The van der Waals surface area contributed by atoms with Crippen molar-refractivity contribution in [2.24, 2.45) is 11.3 Å². The first-order valence-electron chi connectivity index (χ1n) is 8.10. The number of likely N-dealkylation sites (tertiary alicyclic amines) is 1. The number of aromatic nitrogens is 1. The third-order valence-electron chi connectivity index (χ3n) is 5.14. The molecule has 1 saturated heterocycles. The van der Waals surface area contributed by atoms with E-state index < -0.39 is 0 Å².